The highest BCUT2D eigenvalue weighted by Crippen LogP contribution is 2.31. The quantitative estimate of drug-likeness (QED) is 0.864. The zero-order chi connectivity index (χ0) is 15.4. The normalized spacial score (nSPS) is 12.5. The second-order valence-electron chi connectivity index (χ2n) is 5.73. The number of rotatable bonds is 5. The van der Waals surface area contributed by atoms with Crippen molar-refractivity contribution < 1.29 is 4.74 Å². The molecule has 0 saturated carbocycles. The lowest BCUT2D eigenvalue weighted by atomic mass is 10.0. The highest BCUT2D eigenvalue weighted by Gasteiger charge is 2.10. The summed E-state index contributed by atoms with van der Waals surface area (Å²) >= 11 is 0. The Balaban J connectivity index is 2.24. The molecule has 112 valence electrons. The molecule has 2 aromatic rings. The summed E-state index contributed by atoms with van der Waals surface area (Å²) in [6, 6.07) is 10.2. The molecule has 1 aromatic carbocycles. The molecular weight excluding hydrogens is 260 g/mol. The molecule has 3 heteroatoms. The maximum atomic E-state index is 6.02. The van der Waals surface area contributed by atoms with Crippen LogP contribution in [0.15, 0.2) is 36.5 Å². The first-order valence-electron chi connectivity index (χ1n) is 7.51. The molecule has 0 saturated heterocycles. The molecular formula is C18H24N2O. The minimum Gasteiger partial charge on any atom is -0.455 e. The molecule has 1 heterocycles. The fourth-order valence-corrected chi connectivity index (χ4v) is 2.21. The van der Waals surface area contributed by atoms with E-state index in [1.807, 2.05) is 12.1 Å². The monoisotopic (exact) mass is 284 g/mol. The van der Waals surface area contributed by atoms with Crippen LogP contribution in [-0.4, -0.2) is 4.98 Å². The number of aryl methyl sites for hydroxylation is 1. The smallest absolute Gasteiger partial charge is 0.145 e. The average molecular weight is 284 g/mol. The molecule has 0 spiro atoms. The summed E-state index contributed by atoms with van der Waals surface area (Å²) < 4.78 is 6.02. The van der Waals surface area contributed by atoms with E-state index in [4.69, 9.17) is 10.5 Å². The largest absolute Gasteiger partial charge is 0.455 e. The summed E-state index contributed by atoms with van der Waals surface area (Å²) in [7, 11) is 0. The van der Waals surface area contributed by atoms with Crippen LogP contribution < -0.4 is 10.5 Å². The van der Waals surface area contributed by atoms with Gasteiger partial charge in [0.05, 0.1) is 11.9 Å². The van der Waals surface area contributed by atoms with Gasteiger partial charge in [-0.15, -0.1) is 0 Å². The second-order valence-corrected chi connectivity index (χ2v) is 5.73. The van der Waals surface area contributed by atoms with Crippen LogP contribution in [0.1, 0.15) is 56.0 Å². The molecule has 0 aliphatic carbocycles. The summed E-state index contributed by atoms with van der Waals surface area (Å²) in [5, 5.41) is 0. The molecule has 21 heavy (non-hydrogen) atoms. The first kappa shape index (κ1) is 15.5. The van der Waals surface area contributed by atoms with Gasteiger partial charge in [0, 0.05) is 6.04 Å². The van der Waals surface area contributed by atoms with Crippen molar-refractivity contribution in [3.8, 4) is 11.5 Å². The third-order valence-electron chi connectivity index (χ3n) is 3.60. The van der Waals surface area contributed by atoms with E-state index in [-0.39, 0.29) is 6.04 Å². The van der Waals surface area contributed by atoms with Gasteiger partial charge in [-0.1, -0.05) is 32.9 Å². The summed E-state index contributed by atoms with van der Waals surface area (Å²) in [4.78, 5) is 4.39. The minimum atomic E-state index is -0.00996. The van der Waals surface area contributed by atoms with Crippen molar-refractivity contribution >= 4 is 0 Å². The standard InChI is InChI=1S/C18H24N2O/c1-5-16(19)17-9-7-14(11-20-17)21-18-10-13(4)6-8-15(18)12(2)3/h6-12,16H,5,19H2,1-4H3/t16-/m0/s1. The van der Waals surface area contributed by atoms with Gasteiger partial charge in [0.2, 0.25) is 0 Å². The number of hydrogen-bond donors (Lipinski definition) is 1. The summed E-state index contributed by atoms with van der Waals surface area (Å²) in [6.07, 6.45) is 2.62. The summed E-state index contributed by atoms with van der Waals surface area (Å²) in [6.45, 7) is 8.45. The molecule has 0 radical (unpaired) electrons. The number of aromatic nitrogens is 1. The van der Waals surface area contributed by atoms with E-state index in [1.54, 1.807) is 6.20 Å². The maximum absolute atomic E-state index is 6.02. The van der Waals surface area contributed by atoms with E-state index in [2.05, 4.69) is 50.9 Å². The lowest BCUT2D eigenvalue weighted by Gasteiger charge is -2.15. The number of pyridine rings is 1. The van der Waals surface area contributed by atoms with Crippen molar-refractivity contribution in [2.24, 2.45) is 5.73 Å². The van der Waals surface area contributed by atoms with Crippen molar-refractivity contribution in [2.75, 3.05) is 0 Å². The molecule has 0 amide bonds. The van der Waals surface area contributed by atoms with E-state index < -0.39 is 0 Å². The van der Waals surface area contributed by atoms with Gasteiger partial charge >= 0.3 is 0 Å². The first-order valence-corrected chi connectivity index (χ1v) is 7.51. The number of nitrogens with zero attached hydrogens (tertiary/aromatic N) is 1. The highest BCUT2D eigenvalue weighted by atomic mass is 16.5. The van der Waals surface area contributed by atoms with Gasteiger partial charge in [-0.25, -0.2) is 0 Å². The summed E-state index contributed by atoms with van der Waals surface area (Å²) in [5.74, 6) is 2.07. The predicted octanol–water partition coefficient (Wildman–Crippen LogP) is 4.72. The van der Waals surface area contributed by atoms with Crippen LogP contribution in [0.4, 0.5) is 0 Å². The van der Waals surface area contributed by atoms with Crippen LogP contribution in [0.5, 0.6) is 11.5 Å². The van der Waals surface area contributed by atoms with Crippen molar-refractivity contribution in [3.05, 3.63) is 53.3 Å². The van der Waals surface area contributed by atoms with Crippen LogP contribution in [-0.2, 0) is 0 Å². The highest BCUT2D eigenvalue weighted by molar-refractivity contribution is 5.41. The zero-order valence-corrected chi connectivity index (χ0v) is 13.3. The van der Waals surface area contributed by atoms with E-state index in [9.17, 15) is 0 Å². The van der Waals surface area contributed by atoms with Crippen molar-refractivity contribution in [1.82, 2.24) is 4.98 Å². The van der Waals surface area contributed by atoms with Crippen LogP contribution >= 0.6 is 0 Å². The fourth-order valence-electron chi connectivity index (χ4n) is 2.21. The topological polar surface area (TPSA) is 48.1 Å². The third kappa shape index (κ3) is 3.82. The fraction of sp³-hybridized carbons (Fsp3) is 0.389. The molecule has 0 aliphatic heterocycles. The second kappa shape index (κ2) is 6.72. The van der Waals surface area contributed by atoms with Gasteiger partial charge in [0.15, 0.2) is 0 Å². The molecule has 3 nitrogen and oxygen atoms in total. The van der Waals surface area contributed by atoms with Crippen LogP contribution in [0.25, 0.3) is 0 Å². The van der Waals surface area contributed by atoms with Gasteiger partial charge in [-0.3, -0.25) is 4.98 Å². The van der Waals surface area contributed by atoms with Gasteiger partial charge < -0.3 is 10.5 Å². The van der Waals surface area contributed by atoms with E-state index in [1.165, 1.54) is 11.1 Å². The van der Waals surface area contributed by atoms with Gasteiger partial charge in [-0.2, -0.15) is 0 Å². The molecule has 0 fully saturated rings. The predicted molar refractivity (Wildman–Crippen MR) is 86.8 cm³/mol. The molecule has 0 aliphatic rings. The van der Waals surface area contributed by atoms with Gasteiger partial charge in [0.1, 0.15) is 11.5 Å². The molecule has 0 unspecified atom stereocenters. The Morgan fingerprint density at radius 2 is 1.95 bits per heavy atom. The Morgan fingerprint density at radius 3 is 2.52 bits per heavy atom. The molecule has 1 atom stereocenters. The number of benzene rings is 1. The third-order valence-corrected chi connectivity index (χ3v) is 3.60. The lowest BCUT2D eigenvalue weighted by Crippen LogP contribution is -2.10. The average Bonchev–Trinajstić information content (AvgIpc) is 2.47. The van der Waals surface area contributed by atoms with Gasteiger partial charge in [0.25, 0.3) is 0 Å². The number of nitrogens with two attached hydrogens (primary N) is 1. The van der Waals surface area contributed by atoms with Crippen LogP contribution in [0, 0.1) is 6.92 Å². The molecule has 0 bridgehead atoms. The van der Waals surface area contributed by atoms with Crippen molar-refractivity contribution in [1.29, 1.82) is 0 Å². The number of ether oxygens (including phenoxy) is 1. The van der Waals surface area contributed by atoms with Gasteiger partial charge in [-0.05, 0) is 48.6 Å². The maximum Gasteiger partial charge on any atom is 0.145 e. The minimum absolute atomic E-state index is 0.00996. The Labute approximate surface area is 127 Å². The van der Waals surface area contributed by atoms with Crippen LogP contribution in [0.3, 0.4) is 0 Å². The Morgan fingerprint density at radius 1 is 1.19 bits per heavy atom. The Hall–Kier alpha value is -1.87. The zero-order valence-electron chi connectivity index (χ0n) is 13.3. The Bertz CT molecular complexity index is 591. The van der Waals surface area contributed by atoms with Crippen molar-refractivity contribution in [2.45, 2.75) is 46.1 Å². The molecule has 2 rings (SSSR count). The summed E-state index contributed by atoms with van der Waals surface area (Å²) in [5.41, 5.74) is 9.27. The number of hydrogen-bond acceptors (Lipinski definition) is 3. The van der Waals surface area contributed by atoms with Crippen molar-refractivity contribution in [3.63, 3.8) is 0 Å². The lowest BCUT2D eigenvalue weighted by molar-refractivity contribution is 0.469. The first-order chi connectivity index (χ1) is 10.0. The molecule has 2 N–H and O–H groups in total. The SMILES string of the molecule is CC[C@H](N)c1ccc(Oc2cc(C)ccc2C(C)C)cn1. The van der Waals surface area contributed by atoms with Crippen LogP contribution in [0.2, 0.25) is 0 Å². The van der Waals surface area contributed by atoms with E-state index in [0.29, 0.717) is 5.92 Å². The molecule has 1 aromatic heterocycles. The van der Waals surface area contributed by atoms with E-state index in [0.717, 1.165) is 23.6 Å². The Kier molecular flexibility index (Phi) is 4.97. The van der Waals surface area contributed by atoms with E-state index >= 15 is 0 Å².